The lowest BCUT2D eigenvalue weighted by Crippen LogP contribution is -2.71. The molecule has 0 aromatic carbocycles. The highest BCUT2D eigenvalue weighted by atomic mass is 32.1. The number of aliphatic hydroxyl groups is 1. The molecular formula is C27H31F2NO6S. The monoisotopic (exact) mass is 535 g/mol. The first kappa shape index (κ1) is 26.2. The summed E-state index contributed by atoms with van der Waals surface area (Å²) in [5.74, 6) is -4.18. The molecule has 3 fully saturated rings. The second-order valence-electron chi connectivity index (χ2n) is 11.4. The number of allylic oxidation sites excluding steroid dienone is 4. The topological polar surface area (TPSA) is 103 Å². The Morgan fingerprint density at radius 3 is 2.57 bits per heavy atom. The molecule has 0 aliphatic heterocycles. The number of nitrogens with zero attached hydrogens (tertiary/aromatic N) is 1. The van der Waals surface area contributed by atoms with Gasteiger partial charge in [-0.15, -0.1) is 11.3 Å². The van der Waals surface area contributed by atoms with Crippen molar-refractivity contribution in [1.29, 1.82) is 0 Å². The number of thiazole rings is 1. The molecule has 5 rings (SSSR count). The van der Waals surface area contributed by atoms with Crippen molar-refractivity contribution in [3.05, 3.63) is 39.9 Å². The van der Waals surface area contributed by atoms with Gasteiger partial charge in [-0.25, -0.2) is 23.4 Å². The molecular weight excluding hydrogens is 504 g/mol. The second kappa shape index (κ2) is 8.27. The van der Waals surface area contributed by atoms with E-state index in [4.69, 9.17) is 9.47 Å². The van der Waals surface area contributed by atoms with Crippen LogP contribution in [0.5, 0.6) is 0 Å². The van der Waals surface area contributed by atoms with Gasteiger partial charge in [0.15, 0.2) is 11.5 Å². The largest absolute Gasteiger partial charge is 0.466 e. The van der Waals surface area contributed by atoms with Gasteiger partial charge >= 0.3 is 11.9 Å². The maximum absolute atomic E-state index is 17.4. The third-order valence-corrected chi connectivity index (χ3v) is 10.8. The molecule has 0 amide bonds. The highest BCUT2D eigenvalue weighted by molar-refractivity contribution is 7.11. The van der Waals surface area contributed by atoms with Crippen LogP contribution in [0, 0.1) is 35.5 Å². The predicted molar refractivity (Wildman–Crippen MR) is 130 cm³/mol. The molecule has 7 nitrogen and oxygen atoms in total. The minimum atomic E-state index is -2.30. The van der Waals surface area contributed by atoms with Crippen molar-refractivity contribution >= 4 is 29.1 Å². The van der Waals surface area contributed by atoms with E-state index in [1.807, 2.05) is 0 Å². The van der Waals surface area contributed by atoms with Crippen LogP contribution in [0.4, 0.5) is 8.78 Å². The van der Waals surface area contributed by atoms with Gasteiger partial charge < -0.3 is 14.6 Å². The number of carbonyl (C=O) groups is 3. The van der Waals surface area contributed by atoms with Gasteiger partial charge in [0.05, 0.1) is 24.4 Å². The van der Waals surface area contributed by atoms with Gasteiger partial charge in [0.2, 0.25) is 5.60 Å². The first-order valence-corrected chi connectivity index (χ1v) is 13.3. The smallest absolute Gasteiger partial charge is 0.351 e. The zero-order chi connectivity index (χ0) is 27.1. The summed E-state index contributed by atoms with van der Waals surface area (Å²) in [6, 6.07) is 0. The van der Waals surface area contributed by atoms with Gasteiger partial charge in [0, 0.05) is 22.7 Å². The van der Waals surface area contributed by atoms with Crippen LogP contribution in [0.15, 0.2) is 29.3 Å². The van der Waals surface area contributed by atoms with E-state index >= 15 is 8.78 Å². The molecule has 9 atom stereocenters. The fourth-order valence-electron chi connectivity index (χ4n) is 8.06. The summed E-state index contributed by atoms with van der Waals surface area (Å²) in [7, 11) is 1.19. The molecule has 0 saturated heterocycles. The molecule has 0 radical (unpaired) electrons. The van der Waals surface area contributed by atoms with Crippen LogP contribution in [0.25, 0.3) is 0 Å². The van der Waals surface area contributed by atoms with Crippen molar-refractivity contribution in [2.75, 3.05) is 7.11 Å². The SMILES string of the molecule is COC(=O)[C@@]1(OC(=O)c2scnc2C)[C@H](C)C[C@H]2[C@@H]3C[C@H](F)C4=CC(=O)C=C[C@]4(C)[C@@]3(F)[C@@H](O)C[C@@]21C. The number of carbonyl (C=O) groups excluding carboxylic acids is 3. The first-order valence-electron chi connectivity index (χ1n) is 12.5. The van der Waals surface area contributed by atoms with E-state index in [1.54, 1.807) is 20.8 Å². The quantitative estimate of drug-likeness (QED) is 0.582. The van der Waals surface area contributed by atoms with E-state index in [2.05, 4.69) is 4.98 Å². The fraction of sp³-hybridized carbons (Fsp3) is 0.630. The molecule has 0 spiro atoms. The maximum Gasteiger partial charge on any atom is 0.351 e. The van der Waals surface area contributed by atoms with Crippen LogP contribution < -0.4 is 0 Å². The summed E-state index contributed by atoms with van der Waals surface area (Å²) in [4.78, 5) is 43.2. The third kappa shape index (κ3) is 3.11. The highest BCUT2D eigenvalue weighted by Gasteiger charge is 2.78. The molecule has 4 aliphatic rings. The van der Waals surface area contributed by atoms with Gasteiger partial charge in [0.25, 0.3) is 0 Å². The van der Waals surface area contributed by atoms with Crippen molar-refractivity contribution in [3.8, 4) is 0 Å². The Bertz CT molecular complexity index is 1250. The number of esters is 2. The average molecular weight is 536 g/mol. The second-order valence-corrected chi connectivity index (χ2v) is 12.2. The summed E-state index contributed by atoms with van der Waals surface area (Å²) in [5, 5.41) is 11.5. The predicted octanol–water partition coefficient (Wildman–Crippen LogP) is 4.08. The number of ketones is 1. The van der Waals surface area contributed by atoms with Crippen LogP contribution >= 0.6 is 11.3 Å². The summed E-state index contributed by atoms with van der Waals surface area (Å²) in [5.41, 5.74) is -4.94. The van der Waals surface area contributed by atoms with E-state index in [-0.39, 0.29) is 29.7 Å². The minimum absolute atomic E-state index is 0.0266. The number of rotatable bonds is 3. The number of methoxy groups -OCH3 is 1. The number of alkyl halides is 2. The van der Waals surface area contributed by atoms with E-state index in [9.17, 15) is 19.5 Å². The van der Waals surface area contributed by atoms with Crippen molar-refractivity contribution < 1.29 is 37.7 Å². The molecule has 4 aliphatic carbocycles. The maximum atomic E-state index is 17.4. The van der Waals surface area contributed by atoms with E-state index < -0.39 is 69.9 Å². The van der Waals surface area contributed by atoms with Crippen molar-refractivity contribution in [1.82, 2.24) is 4.98 Å². The minimum Gasteiger partial charge on any atom is -0.466 e. The molecule has 0 unspecified atom stereocenters. The van der Waals surface area contributed by atoms with Gasteiger partial charge in [0.1, 0.15) is 11.0 Å². The lowest BCUT2D eigenvalue weighted by Gasteiger charge is -2.63. The van der Waals surface area contributed by atoms with Gasteiger partial charge in [-0.1, -0.05) is 19.9 Å². The zero-order valence-electron chi connectivity index (χ0n) is 21.4. The standard InChI is InChI=1S/C27H31F2NO6S/c1-13-8-16-17-10-19(28)18-9-15(31)6-7-24(18,3)26(17,29)20(32)11-25(16,4)27(13,23(34)35-5)36-22(33)21-14(2)30-12-37-21/h6-7,9,12-13,16-17,19-20,32H,8,10-11H2,1-5H3/t13-,16+,17+,19+,20+,24+,25+,26+,27+/m1/s1. The Balaban J connectivity index is 1.64. The summed E-state index contributed by atoms with van der Waals surface area (Å²) < 4.78 is 44.3. The lowest BCUT2D eigenvalue weighted by molar-refractivity contribution is -0.230. The number of aryl methyl sites for hydroxylation is 1. The number of hydrogen-bond donors (Lipinski definition) is 1. The van der Waals surface area contributed by atoms with Crippen LogP contribution in [0.3, 0.4) is 0 Å². The van der Waals surface area contributed by atoms with Crippen LogP contribution in [0.1, 0.15) is 55.4 Å². The number of halogens is 2. The lowest BCUT2D eigenvalue weighted by atomic mass is 9.44. The van der Waals surface area contributed by atoms with Gasteiger partial charge in [-0.3, -0.25) is 4.79 Å². The van der Waals surface area contributed by atoms with Crippen LogP contribution in [-0.2, 0) is 19.1 Å². The van der Waals surface area contributed by atoms with Crippen molar-refractivity contribution in [3.63, 3.8) is 0 Å². The molecule has 200 valence electrons. The normalized spacial score (nSPS) is 44.4. The van der Waals surface area contributed by atoms with Crippen LogP contribution in [0.2, 0.25) is 0 Å². The van der Waals surface area contributed by atoms with Gasteiger partial charge in [-0.2, -0.15) is 0 Å². The molecule has 10 heteroatoms. The highest BCUT2D eigenvalue weighted by Crippen LogP contribution is 2.71. The summed E-state index contributed by atoms with van der Waals surface area (Å²) in [6.45, 7) is 6.61. The molecule has 1 N–H and O–H groups in total. The molecule has 3 saturated carbocycles. The Morgan fingerprint density at radius 1 is 1.24 bits per heavy atom. The molecule has 0 bridgehead atoms. The third-order valence-electron chi connectivity index (χ3n) is 9.84. The first-order chi connectivity index (χ1) is 17.3. The number of hydrogen-bond acceptors (Lipinski definition) is 8. The zero-order valence-corrected chi connectivity index (χ0v) is 22.2. The van der Waals surface area contributed by atoms with E-state index in [0.717, 1.165) is 17.4 Å². The molecule has 1 aromatic rings. The van der Waals surface area contributed by atoms with E-state index in [1.165, 1.54) is 31.7 Å². The molecule has 1 heterocycles. The fourth-order valence-corrected chi connectivity index (χ4v) is 8.74. The Kier molecular flexibility index (Phi) is 5.85. The molecule has 37 heavy (non-hydrogen) atoms. The number of ether oxygens (including phenoxy) is 2. The summed E-state index contributed by atoms with van der Waals surface area (Å²) in [6.07, 6.45) is 0.266. The Labute approximate surface area is 217 Å². The molecule has 1 aromatic heterocycles. The van der Waals surface area contributed by atoms with Crippen molar-refractivity contribution in [2.45, 2.75) is 70.5 Å². The van der Waals surface area contributed by atoms with Crippen molar-refractivity contribution in [2.24, 2.45) is 28.6 Å². The number of aromatic nitrogens is 1. The van der Waals surface area contributed by atoms with Crippen LogP contribution in [-0.4, -0.2) is 58.5 Å². The Morgan fingerprint density at radius 2 is 1.95 bits per heavy atom. The Hall–Kier alpha value is -2.46. The summed E-state index contributed by atoms with van der Waals surface area (Å²) >= 11 is 1.08. The number of fused-ring (bicyclic) bond motifs is 5. The average Bonchev–Trinajstić information content (AvgIpc) is 3.36. The van der Waals surface area contributed by atoms with E-state index in [0.29, 0.717) is 5.69 Å². The number of aliphatic hydroxyl groups excluding tert-OH is 1. The van der Waals surface area contributed by atoms with Gasteiger partial charge in [-0.05, 0) is 56.8 Å².